The number of amides is 1. The molecule has 3 heterocycles. The second-order valence-corrected chi connectivity index (χ2v) is 6.65. The summed E-state index contributed by atoms with van der Waals surface area (Å²) in [4.78, 5) is 32.8. The third-order valence-electron chi connectivity index (χ3n) is 4.15. The van der Waals surface area contributed by atoms with Crippen LogP contribution in [-0.2, 0) is 13.0 Å². The van der Waals surface area contributed by atoms with Gasteiger partial charge in [-0.25, -0.2) is 4.98 Å². The van der Waals surface area contributed by atoms with Crippen molar-refractivity contribution >= 4 is 27.5 Å². The first-order chi connectivity index (χ1) is 10.5. The molecule has 1 N–H and O–H groups in total. The van der Waals surface area contributed by atoms with Gasteiger partial charge in [0, 0.05) is 33.1 Å². The fraction of sp³-hybridized carbons (Fsp3) is 0.533. The van der Waals surface area contributed by atoms with E-state index in [0.717, 1.165) is 37.3 Å². The molecule has 0 saturated carbocycles. The fourth-order valence-corrected chi connectivity index (χ4v) is 4.02. The summed E-state index contributed by atoms with van der Waals surface area (Å²) in [5.74, 6) is 0.807. The zero-order valence-corrected chi connectivity index (χ0v) is 13.9. The number of thiophene rings is 1. The van der Waals surface area contributed by atoms with E-state index in [-0.39, 0.29) is 11.5 Å². The molecule has 22 heavy (non-hydrogen) atoms. The van der Waals surface area contributed by atoms with Crippen molar-refractivity contribution in [2.24, 2.45) is 0 Å². The maximum absolute atomic E-state index is 12.6. The van der Waals surface area contributed by atoms with Crippen molar-refractivity contribution in [2.45, 2.75) is 26.3 Å². The molecule has 1 aliphatic heterocycles. The average Bonchev–Trinajstić information content (AvgIpc) is 3.09. The minimum atomic E-state index is -0.0414. The largest absolute Gasteiger partial charge is 0.340 e. The second-order valence-electron chi connectivity index (χ2n) is 5.65. The Hall–Kier alpha value is -1.73. The van der Waals surface area contributed by atoms with Gasteiger partial charge in [0.2, 0.25) is 0 Å². The van der Waals surface area contributed by atoms with E-state index in [1.165, 1.54) is 11.3 Å². The normalized spacial score (nSPS) is 13.6. The van der Waals surface area contributed by atoms with Crippen LogP contribution in [-0.4, -0.2) is 47.5 Å². The van der Waals surface area contributed by atoms with Gasteiger partial charge < -0.3 is 10.2 Å². The highest BCUT2D eigenvalue weighted by molar-refractivity contribution is 7.20. The fourth-order valence-electron chi connectivity index (χ4n) is 2.83. The number of aromatic nitrogens is 2. The lowest BCUT2D eigenvalue weighted by molar-refractivity contribution is 0.0801. The lowest BCUT2D eigenvalue weighted by Gasteiger charge is -2.16. The monoisotopic (exact) mass is 320 g/mol. The van der Waals surface area contributed by atoms with Gasteiger partial charge in [0.15, 0.2) is 0 Å². The zero-order chi connectivity index (χ0) is 15.9. The molecule has 3 rings (SSSR count). The molecule has 0 saturated heterocycles. The number of fused-ring (bicyclic) bond motifs is 2. The quantitative estimate of drug-likeness (QED) is 0.913. The molecule has 0 unspecified atom stereocenters. The number of hydrogen-bond acceptors (Lipinski definition) is 5. The number of nitrogens with one attached hydrogen (secondary N) is 1. The first-order valence-corrected chi connectivity index (χ1v) is 8.29. The molecule has 7 heteroatoms. The summed E-state index contributed by atoms with van der Waals surface area (Å²) in [5, 5.41) is 3.64. The van der Waals surface area contributed by atoms with Crippen LogP contribution in [0.4, 0.5) is 0 Å². The maximum Gasteiger partial charge on any atom is 0.264 e. The van der Waals surface area contributed by atoms with E-state index in [4.69, 9.17) is 0 Å². The zero-order valence-electron chi connectivity index (χ0n) is 13.1. The van der Waals surface area contributed by atoms with Crippen molar-refractivity contribution in [3.05, 3.63) is 26.6 Å². The number of nitrogens with zero attached hydrogens (tertiary/aromatic N) is 3. The third-order valence-corrected chi connectivity index (χ3v) is 5.32. The van der Waals surface area contributed by atoms with Gasteiger partial charge in [0.05, 0.1) is 10.3 Å². The van der Waals surface area contributed by atoms with Crippen molar-refractivity contribution in [3.63, 3.8) is 0 Å². The van der Waals surface area contributed by atoms with Crippen LogP contribution in [0, 0.1) is 6.92 Å². The Labute approximate surface area is 132 Å². The highest BCUT2D eigenvalue weighted by Gasteiger charge is 2.24. The number of carbonyl (C=O) groups excluding carboxylic acids is 1. The van der Waals surface area contributed by atoms with Gasteiger partial charge in [-0.3, -0.25) is 14.2 Å². The Morgan fingerprint density at radius 1 is 1.50 bits per heavy atom. The van der Waals surface area contributed by atoms with E-state index in [1.54, 1.807) is 16.5 Å². The molecule has 2 aromatic heterocycles. The standard InChI is InChI=1S/C15H20N4O2S/c1-9-11-13(17-10-5-4-7-19(10)14(11)20)22-12(9)15(21)18(3)8-6-16-2/h16H,4-8H2,1-3H3. The Balaban J connectivity index is 2.06. The topological polar surface area (TPSA) is 67.2 Å². The van der Waals surface area contributed by atoms with Crippen LogP contribution in [0.5, 0.6) is 0 Å². The van der Waals surface area contributed by atoms with Crippen LogP contribution in [0.15, 0.2) is 4.79 Å². The van der Waals surface area contributed by atoms with Crippen LogP contribution in [0.25, 0.3) is 10.2 Å². The van der Waals surface area contributed by atoms with Crippen LogP contribution in [0.2, 0.25) is 0 Å². The van der Waals surface area contributed by atoms with Crippen molar-refractivity contribution in [2.75, 3.05) is 27.2 Å². The highest BCUT2D eigenvalue weighted by atomic mass is 32.1. The first-order valence-electron chi connectivity index (χ1n) is 7.47. The van der Waals surface area contributed by atoms with Gasteiger partial charge in [-0.05, 0) is 26.0 Å². The molecule has 0 aromatic carbocycles. The summed E-state index contributed by atoms with van der Waals surface area (Å²) >= 11 is 1.34. The smallest absolute Gasteiger partial charge is 0.264 e. The van der Waals surface area contributed by atoms with Gasteiger partial charge in [0.25, 0.3) is 11.5 Å². The minimum absolute atomic E-state index is 0.00294. The molecular formula is C15H20N4O2S. The summed E-state index contributed by atoms with van der Waals surface area (Å²) in [6, 6.07) is 0. The molecule has 118 valence electrons. The van der Waals surface area contributed by atoms with E-state index in [0.29, 0.717) is 21.6 Å². The Morgan fingerprint density at radius 2 is 2.27 bits per heavy atom. The van der Waals surface area contributed by atoms with Crippen molar-refractivity contribution in [3.8, 4) is 0 Å². The van der Waals surface area contributed by atoms with Crippen molar-refractivity contribution in [1.29, 1.82) is 0 Å². The lowest BCUT2D eigenvalue weighted by Crippen LogP contribution is -2.32. The highest BCUT2D eigenvalue weighted by Crippen LogP contribution is 2.29. The Kier molecular flexibility index (Phi) is 4.01. The lowest BCUT2D eigenvalue weighted by atomic mass is 10.2. The molecule has 6 nitrogen and oxygen atoms in total. The number of likely N-dealkylation sites (N-methyl/N-ethyl adjacent to an activating group) is 2. The van der Waals surface area contributed by atoms with Gasteiger partial charge in [-0.15, -0.1) is 11.3 Å². The molecule has 0 aliphatic carbocycles. The van der Waals surface area contributed by atoms with Crippen LogP contribution >= 0.6 is 11.3 Å². The van der Waals surface area contributed by atoms with E-state index >= 15 is 0 Å². The van der Waals surface area contributed by atoms with Gasteiger partial charge in [0.1, 0.15) is 10.7 Å². The first kappa shape index (κ1) is 15.2. The SMILES string of the molecule is CNCCN(C)C(=O)c1sc2nc3n(c(=O)c2c1C)CCC3. The van der Waals surface area contributed by atoms with E-state index in [2.05, 4.69) is 10.3 Å². The van der Waals surface area contributed by atoms with Gasteiger partial charge >= 0.3 is 0 Å². The second kappa shape index (κ2) is 5.81. The summed E-state index contributed by atoms with van der Waals surface area (Å²) in [5.41, 5.74) is 0.768. The molecule has 1 aliphatic rings. The molecule has 0 fully saturated rings. The van der Waals surface area contributed by atoms with Crippen molar-refractivity contribution < 1.29 is 4.79 Å². The maximum atomic E-state index is 12.6. The van der Waals surface area contributed by atoms with E-state index < -0.39 is 0 Å². The average molecular weight is 320 g/mol. The Morgan fingerprint density at radius 3 is 3.00 bits per heavy atom. The van der Waals surface area contributed by atoms with Crippen molar-refractivity contribution in [1.82, 2.24) is 19.8 Å². The summed E-state index contributed by atoms with van der Waals surface area (Å²) < 4.78 is 1.75. The molecule has 0 radical (unpaired) electrons. The molecule has 0 spiro atoms. The third kappa shape index (κ3) is 2.34. The van der Waals surface area contributed by atoms with Crippen LogP contribution in [0.1, 0.15) is 27.5 Å². The van der Waals surface area contributed by atoms with Crippen LogP contribution in [0.3, 0.4) is 0 Å². The Bertz CT molecular complexity index is 793. The molecule has 2 aromatic rings. The number of hydrogen-bond donors (Lipinski definition) is 1. The summed E-state index contributed by atoms with van der Waals surface area (Å²) in [7, 11) is 3.64. The molecular weight excluding hydrogens is 300 g/mol. The van der Waals surface area contributed by atoms with Gasteiger partial charge in [-0.1, -0.05) is 0 Å². The molecule has 1 amide bonds. The molecule has 0 bridgehead atoms. The van der Waals surface area contributed by atoms with Gasteiger partial charge in [-0.2, -0.15) is 0 Å². The minimum Gasteiger partial charge on any atom is -0.340 e. The number of aryl methyl sites for hydroxylation is 2. The van der Waals surface area contributed by atoms with Crippen LogP contribution < -0.4 is 10.9 Å². The molecule has 0 atom stereocenters. The number of rotatable bonds is 4. The summed E-state index contributed by atoms with van der Waals surface area (Å²) in [6.07, 6.45) is 1.81. The summed E-state index contributed by atoms with van der Waals surface area (Å²) in [6.45, 7) is 3.95. The predicted molar refractivity (Wildman–Crippen MR) is 87.8 cm³/mol. The predicted octanol–water partition coefficient (Wildman–Crippen LogP) is 1.00. The number of carbonyl (C=O) groups is 1. The van der Waals surface area contributed by atoms with E-state index in [1.807, 2.05) is 14.0 Å². The van der Waals surface area contributed by atoms with E-state index in [9.17, 15) is 9.59 Å².